The number of halogens is 2. The molecule has 0 saturated heterocycles. The molecule has 0 aliphatic carbocycles. The number of carbonyl (C=O) groups is 1. The Balaban J connectivity index is 2.07. The Labute approximate surface area is 137 Å². The lowest BCUT2D eigenvalue weighted by atomic mass is 10.0. The molecule has 0 bridgehead atoms. The average molecular weight is 363 g/mol. The average Bonchev–Trinajstić information content (AvgIpc) is 2.50. The predicted octanol–water partition coefficient (Wildman–Crippen LogP) is 4.56. The Bertz CT molecular complexity index is 720. The van der Waals surface area contributed by atoms with Gasteiger partial charge in [-0.25, -0.2) is 4.39 Å². The summed E-state index contributed by atoms with van der Waals surface area (Å²) in [6, 6.07) is 12.3. The first-order valence-electron chi connectivity index (χ1n) is 7.23. The summed E-state index contributed by atoms with van der Waals surface area (Å²) in [5.74, 6) is -0.399. The number of para-hydroxylation sites is 1. The zero-order valence-electron chi connectivity index (χ0n) is 12.1. The number of amides is 1. The maximum Gasteiger partial charge on any atom is 0.257 e. The van der Waals surface area contributed by atoms with E-state index in [9.17, 15) is 9.18 Å². The minimum atomic E-state index is -0.490. The van der Waals surface area contributed by atoms with Crippen LogP contribution in [0.5, 0.6) is 0 Å². The van der Waals surface area contributed by atoms with E-state index < -0.39 is 6.17 Å². The van der Waals surface area contributed by atoms with Crippen molar-refractivity contribution in [2.24, 2.45) is 0 Å². The number of hydrogen-bond acceptors (Lipinski definition) is 2. The second-order valence-corrected chi connectivity index (χ2v) is 6.17. The van der Waals surface area contributed by atoms with Gasteiger partial charge < -0.3 is 10.2 Å². The molecule has 0 saturated carbocycles. The molecular weight excluding hydrogens is 347 g/mol. The summed E-state index contributed by atoms with van der Waals surface area (Å²) in [6.07, 6.45) is 0.319. The van der Waals surface area contributed by atoms with Gasteiger partial charge in [0.25, 0.3) is 5.91 Å². The normalized spacial score (nSPS) is 17.1. The molecule has 1 aliphatic rings. The largest absolute Gasteiger partial charge is 0.361 e. The van der Waals surface area contributed by atoms with Gasteiger partial charge >= 0.3 is 0 Å². The van der Waals surface area contributed by atoms with Gasteiger partial charge in [0, 0.05) is 22.3 Å². The molecule has 5 heteroatoms. The number of nitrogens with zero attached hydrogens (tertiary/aromatic N) is 1. The van der Waals surface area contributed by atoms with Crippen molar-refractivity contribution >= 4 is 27.5 Å². The fourth-order valence-electron chi connectivity index (χ4n) is 2.73. The lowest BCUT2D eigenvalue weighted by molar-refractivity contribution is 0.0680. The van der Waals surface area contributed by atoms with E-state index in [2.05, 4.69) is 21.2 Å². The fraction of sp³-hybridized carbons (Fsp3) is 0.235. The van der Waals surface area contributed by atoms with E-state index in [0.717, 1.165) is 12.1 Å². The maximum atomic E-state index is 14.3. The highest BCUT2D eigenvalue weighted by Gasteiger charge is 2.33. The number of anilines is 1. The second kappa shape index (κ2) is 6.08. The van der Waals surface area contributed by atoms with Gasteiger partial charge in [0.05, 0.1) is 5.56 Å². The molecule has 0 spiro atoms. The van der Waals surface area contributed by atoms with E-state index in [1.54, 1.807) is 23.1 Å². The van der Waals surface area contributed by atoms with Crippen LogP contribution in [-0.2, 0) is 0 Å². The highest BCUT2D eigenvalue weighted by Crippen LogP contribution is 2.34. The molecule has 3 rings (SSSR count). The number of rotatable bonds is 3. The SMILES string of the molecule is CCCN1C(=O)c2ccccc2N[C@H]1c1ccc(Br)cc1F. The first-order valence-corrected chi connectivity index (χ1v) is 8.02. The molecule has 2 aromatic rings. The van der Waals surface area contributed by atoms with Crippen LogP contribution in [0.1, 0.15) is 35.4 Å². The van der Waals surface area contributed by atoms with Gasteiger partial charge in [-0.15, -0.1) is 0 Å². The summed E-state index contributed by atoms with van der Waals surface area (Å²) in [5, 5.41) is 3.29. The topological polar surface area (TPSA) is 32.3 Å². The van der Waals surface area contributed by atoms with Gasteiger partial charge in [0.2, 0.25) is 0 Å². The Morgan fingerprint density at radius 2 is 2.05 bits per heavy atom. The van der Waals surface area contributed by atoms with Crippen molar-refractivity contribution in [3.05, 3.63) is 63.9 Å². The fourth-order valence-corrected chi connectivity index (χ4v) is 3.07. The summed E-state index contributed by atoms with van der Waals surface area (Å²) >= 11 is 3.26. The minimum Gasteiger partial charge on any atom is -0.361 e. The molecule has 0 radical (unpaired) electrons. The maximum absolute atomic E-state index is 14.3. The van der Waals surface area contributed by atoms with Crippen LogP contribution in [0.3, 0.4) is 0 Å². The van der Waals surface area contributed by atoms with Gasteiger partial charge in [-0.3, -0.25) is 4.79 Å². The third kappa shape index (κ3) is 2.61. The van der Waals surface area contributed by atoms with Crippen LogP contribution >= 0.6 is 15.9 Å². The molecule has 22 heavy (non-hydrogen) atoms. The zero-order valence-corrected chi connectivity index (χ0v) is 13.7. The number of hydrogen-bond donors (Lipinski definition) is 1. The van der Waals surface area contributed by atoms with Crippen molar-refractivity contribution in [1.29, 1.82) is 0 Å². The lowest BCUT2D eigenvalue weighted by Gasteiger charge is -2.38. The Hall–Kier alpha value is -1.88. The standard InChI is InChI=1S/C17H16BrFN2O/c1-2-9-21-16(12-8-7-11(18)10-14(12)19)20-15-6-4-3-5-13(15)17(21)22/h3-8,10,16,20H,2,9H2,1H3/t16-/m1/s1. The van der Waals surface area contributed by atoms with Crippen molar-refractivity contribution in [2.75, 3.05) is 11.9 Å². The molecule has 1 heterocycles. The van der Waals surface area contributed by atoms with Crippen molar-refractivity contribution in [3.8, 4) is 0 Å². The number of carbonyl (C=O) groups excluding carboxylic acids is 1. The van der Waals surface area contributed by atoms with Crippen molar-refractivity contribution in [2.45, 2.75) is 19.5 Å². The highest BCUT2D eigenvalue weighted by atomic mass is 79.9. The van der Waals surface area contributed by atoms with E-state index in [4.69, 9.17) is 0 Å². The van der Waals surface area contributed by atoms with Crippen LogP contribution in [0.25, 0.3) is 0 Å². The van der Waals surface area contributed by atoms with Crippen molar-refractivity contribution < 1.29 is 9.18 Å². The van der Waals surface area contributed by atoms with Crippen LogP contribution in [-0.4, -0.2) is 17.4 Å². The first kappa shape index (κ1) is 15.0. The number of benzene rings is 2. The van der Waals surface area contributed by atoms with Crippen LogP contribution in [0.2, 0.25) is 0 Å². The summed E-state index contributed by atoms with van der Waals surface area (Å²) in [6.45, 7) is 2.57. The van der Waals surface area contributed by atoms with E-state index >= 15 is 0 Å². The molecule has 3 nitrogen and oxygen atoms in total. The first-order chi connectivity index (χ1) is 10.6. The predicted molar refractivity (Wildman–Crippen MR) is 88.2 cm³/mol. The van der Waals surface area contributed by atoms with Gasteiger partial charge in [0.15, 0.2) is 0 Å². The molecule has 1 amide bonds. The van der Waals surface area contributed by atoms with Gasteiger partial charge in [-0.2, -0.15) is 0 Å². The third-order valence-corrected chi connectivity index (χ3v) is 4.24. The molecule has 0 aromatic heterocycles. The molecule has 2 aromatic carbocycles. The van der Waals surface area contributed by atoms with E-state index in [1.807, 2.05) is 25.1 Å². The number of fused-ring (bicyclic) bond motifs is 1. The molecule has 1 N–H and O–H groups in total. The molecule has 1 atom stereocenters. The van der Waals surface area contributed by atoms with Crippen LogP contribution in [0, 0.1) is 5.82 Å². The number of nitrogens with one attached hydrogen (secondary N) is 1. The highest BCUT2D eigenvalue weighted by molar-refractivity contribution is 9.10. The molecule has 0 unspecified atom stereocenters. The lowest BCUT2D eigenvalue weighted by Crippen LogP contribution is -2.43. The molecule has 1 aliphatic heterocycles. The Morgan fingerprint density at radius 3 is 2.77 bits per heavy atom. The summed E-state index contributed by atoms with van der Waals surface area (Å²) in [7, 11) is 0. The third-order valence-electron chi connectivity index (χ3n) is 3.74. The van der Waals surface area contributed by atoms with Crippen molar-refractivity contribution in [3.63, 3.8) is 0 Å². The Morgan fingerprint density at radius 1 is 1.27 bits per heavy atom. The van der Waals surface area contributed by atoms with Crippen LogP contribution in [0.15, 0.2) is 46.9 Å². The molecule has 0 fully saturated rings. The smallest absolute Gasteiger partial charge is 0.257 e. The zero-order chi connectivity index (χ0) is 15.7. The van der Waals surface area contributed by atoms with E-state index in [-0.39, 0.29) is 11.7 Å². The van der Waals surface area contributed by atoms with Gasteiger partial charge in [-0.1, -0.05) is 41.1 Å². The summed E-state index contributed by atoms with van der Waals surface area (Å²) < 4.78 is 15.0. The second-order valence-electron chi connectivity index (χ2n) is 5.26. The summed E-state index contributed by atoms with van der Waals surface area (Å²) in [4.78, 5) is 14.4. The summed E-state index contributed by atoms with van der Waals surface area (Å²) in [5.41, 5.74) is 1.84. The van der Waals surface area contributed by atoms with Gasteiger partial charge in [0.1, 0.15) is 12.0 Å². The Kier molecular flexibility index (Phi) is 4.16. The molecule has 114 valence electrons. The van der Waals surface area contributed by atoms with E-state index in [0.29, 0.717) is 22.1 Å². The quantitative estimate of drug-likeness (QED) is 0.867. The van der Waals surface area contributed by atoms with E-state index in [1.165, 1.54) is 6.07 Å². The molecular formula is C17H16BrFN2O. The van der Waals surface area contributed by atoms with Crippen molar-refractivity contribution in [1.82, 2.24) is 4.90 Å². The minimum absolute atomic E-state index is 0.0662. The monoisotopic (exact) mass is 362 g/mol. The van der Waals surface area contributed by atoms with Crippen LogP contribution in [0.4, 0.5) is 10.1 Å². The van der Waals surface area contributed by atoms with Crippen LogP contribution < -0.4 is 5.32 Å². The van der Waals surface area contributed by atoms with Gasteiger partial charge in [-0.05, 0) is 30.7 Å².